The van der Waals surface area contributed by atoms with E-state index in [-0.39, 0.29) is 5.91 Å². The summed E-state index contributed by atoms with van der Waals surface area (Å²) in [5.74, 6) is 0.250. The lowest BCUT2D eigenvalue weighted by atomic mass is 10.2. The summed E-state index contributed by atoms with van der Waals surface area (Å²) >= 11 is 0. The fourth-order valence-electron chi connectivity index (χ4n) is 1.73. The minimum atomic E-state index is 0.250. The maximum atomic E-state index is 12.1. The number of nitrogens with zero attached hydrogens (tertiary/aromatic N) is 2. The monoisotopic (exact) mass is 228 g/mol. The molecule has 0 saturated heterocycles. The van der Waals surface area contributed by atoms with Gasteiger partial charge < -0.3 is 4.90 Å². The molecule has 0 aromatic carbocycles. The fraction of sp³-hybridized carbons (Fsp3) is 0.923. The van der Waals surface area contributed by atoms with Crippen LogP contribution in [0, 0.1) is 0 Å². The molecule has 1 amide bonds. The first-order chi connectivity index (χ1) is 7.47. The van der Waals surface area contributed by atoms with Crippen molar-refractivity contribution in [2.75, 3.05) is 20.1 Å². The van der Waals surface area contributed by atoms with Gasteiger partial charge in [-0.3, -0.25) is 9.69 Å². The van der Waals surface area contributed by atoms with E-state index in [9.17, 15) is 4.79 Å². The maximum absolute atomic E-state index is 12.1. The van der Waals surface area contributed by atoms with Crippen molar-refractivity contribution in [2.45, 2.75) is 59.5 Å². The van der Waals surface area contributed by atoms with E-state index in [1.54, 1.807) is 0 Å². The molecule has 2 unspecified atom stereocenters. The van der Waals surface area contributed by atoms with E-state index in [2.05, 4.69) is 32.6 Å². The second-order valence-corrected chi connectivity index (χ2v) is 4.61. The van der Waals surface area contributed by atoms with Gasteiger partial charge in [-0.15, -0.1) is 0 Å². The van der Waals surface area contributed by atoms with Crippen LogP contribution in [-0.4, -0.2) is 47.9 Å². The van der Waals surface area contributed by atoms with E-state index in [0.29, 0.717) is 18.6 Å². The molecule has 16 heavy (non-hydrogen) atoms. The van der Waals surface area contributed by atoms with Gasteiger partial charge in [-0.2, -0.15) is 0 Å². The molecule has 0 fully saturated rings. The molecule has 0 heterocycles. The second kappa shape index (κ2) is 7.66. The van der Waals surface area contributed by atoms with Gasteiger partial charge >= 0.3 is 0 Å². The number of hydrogen-bond acceptors (Lipinski definition) is 2. The minimum absolute atomic E-state index is 0.250. The lowest BCUT2D eigenvalue weighted by Gasteiger charge is -2.31. The van der Waals surface area contributed by atoms with Gasteiger partial charge in [0.1, 0.15) is 0 Å². The van der Waals surface area contributed by atoms with Gasteiger partial charge in [0.05, 0.1) is 6.54 Å². The molecule has 0 spiro atoms. The van der Waals surface area contributed by atoms with Crippen LogP contribution in [0.2, 0.25) is 0 Å². The third-order valence-electron chi connectivity index (χ3n) is 3.51. The van der Waals surface area contributed by atoms with E-state index in [0.717, 1.165) is 19.4 Å². The van der Waals surface area contributed by atoms with Crippen molar-refractivity contribution in [2.24, 2.45) is 0 Å². The van der Waals surface area contributed by atoms with Crippen LogP contribution < -0.4 is 0 Å². The van der Waals surface area contributed by atoms with Crippen molar-refractivity contribution in [3.8, 4) is 0 Å². The smallest absolute Gasteiger partial charge is 0.236 e. The molecule has 3 heteroatoms. The molecule has 0 N–H and O–H groups in total. The molecule has 0 aliphatic heterocycles. The van der Waals surface area contributed by atoms with E-state index < -0.39 is 0 Å². The van der Waals surface area contributed by atoms with Crippen LogP contribution in [0.1, 0.15) is 47.5 Å². The highest BCUT2D eigenvalue weighted by atomic mass is 16.2. The third-order valence-corrected chi connectivity index (χ3v) is 3.51. The Labute approximate surface area is 101 Å². The summed E-state index contributed by atoms with van der Waals surface area (Å²) in [6.07, 6.45) is 2.10. The first kappa shape index (κ1) is 15.4. The molecule has 3 nitrogen and oxygen atoms in total. The standard InChI is InChI=1S/C13H28N2O/c1-7-11(4)14(6)10-13(16)15(9-3)12(5)8-2/h11-12H,7-10H2,1-6H3. The molecule has 2 atom stereocenters. The Hall–Kier alpha value is -0.570. The van der Waals surface area contributed by atoms with Crippen LogP contribution >= 0.6 is 0 Å². The average Bonchev–Trinajstić information content (AvgIpc) is 2.28. The Balaban J connectivity index is 4.31. The highest BCUT2D eigenvalue weighted by Gasteiger charge is 2.19. The highest BCUT2D eigenvalue weighted by molar-refractivity contribution is 5.78. The largest absolute Gasteiger partial charge is 0.339 e. The lowest BCUT2D eigenvalue weighted by Crippen LogP contribution is -2.45. The van der Waals surface area contributed by atoms with Gasteiger partial charge in [0.2, 0.25) is 5.91 Å². The number of rotatable bonds is 7. The van der Waals surface area contributed by atoms with Crippen molar-refractivity contribution >= 4 is 5.91 Å². The lowest BCUT2D eigenvalue weighted by molar-refractivity contribution is -0.134. The summed E-state index contributed by atoms with van der Waals surface area (Å²) < 4.78 is 0. The molecule has 0 aromatic rings. The Bertz CT molecular complexity index is 206. The zero-order valence-electron chi connectivity index (χ0n) is 11.8. The van der Waals surface area contributed by atoms with Crippen molar-refractivity contribution < 1.29 is 4.79 Å². The molecule has 0 aliphatic rings. The topological polar surface area (TPSA) is 23.6 Å². The van der Waals surface area contributed by atoms with E-state index in [1.807, 2.05) is 18.9 Å². The van der Waals surface area contributed by atoms with Gasteiger partial charge in [-0.25, -0.2) is 0 Å². The summed E-state index contributed by atoms with van der Waals surface area (Å²) in [7, 11) is 2.02. The summed E-state index contributed by atoms with van der Waals surface area (Å²) in [6, 6.07) is 0.822. The first-order valence-electron chi connectivity index (χ1n) is 6.47. The van der Waals surface area contributed by atoms with Crippen molar-refractivity contribution in [1.29, 1.82) is 0 Å². The Morgan fingerprint density at radius 1 is 1.06 bits per heavy atom. The SMILES string of the molecule is CCC(C)N(C)CC(=O)N(CC)C(C)CC. The van der Waals surface area contributed by atoms with Gasteiger partial charge in [-0.1, -0.05) is 13.8 Å². The normalized spacial score (nSPS) is 14.9. The van der Waals surface area contributed by atoms with Crippen LogP contribution in [-0.2, 0) is 4.79 Å². The molecule has 0 radical (unpaired) electrons. The van der Waals surface area contributed by atoms with Gasteiger partial charge in [0, 0.05) is 18.6 Å². The fourth-order valence-corrected chi connectivity index (χ4v) is 1.73. The van der Waals surface area contributed by atoms with E-state index in [4.69, 9.17) is 0 Å². The van der Waals surface area contributed by atoms with Crippen molar-refractivity contribution in [3.63, 3.8) is 0 Å². The van der Waals surface area contributed by atoms with Gasteiger partial charge in [-0.05, 0) is 40.7 Å². The molecule has 96 valence electrons. The zero-order valence-corrected chi connectivity index (χ0v) is 11.8. The number of amides is 1. The van der Waals surface area contributed by atoms with Crippen LogP contribution in [0.5, 0.6) is 0 Å². The quantitative estimate of drug-likeness (QED) is 0.668. The number of carbonyl (C=O) groups is 1. The molecular formula is C13H28N2O. The summed E-state index contributed by atoms with van der Waals surface area (Å²) in [6.45, 7) is 11.9. The van der Waals surface area contributed by atoms with E-state index >= 15 is 0 Å². The van der Waals surface area contributed by atoms with Crippen LogP contribution in [0.15, 0.2) is 0 Å². The summed E-state index contributed by atoms with van der Waals surface area (Å²) in [5, 5.41) is 0. The number of hydrogen-bond donors (Lipinski definition) is 0. The Morgan fingerprint density at radius 3 is 1.94 bits per heavy atom. The zero-order chi connectivity index (χ0) is 12.7. The van der Waals surface area contributed by atoms with Crippen molar-refractivity contribution in [1.82, 2.24) is 9.80 Å². The highest BCUT2D eigenvalue weighted by Crippen LogP contribution is 2.06. The summed E-state index contributed by atoms with van der Waals surface area (Å²) in [5.41, 5.74) is 0. The van der Waals surface area contributed by atoms with Gasteiger partial charge in [0.25, 0.3) is 0 Å². The maximum Gasteiger partial charge on any atom is 0.236 e. The second-order valence-electron chi connectivity index (χ2n) is 4.61. The predicted octanol–water partition coefficient (Wildman–Crippen LogP) is 2.36. The van der Waals surface area contributed by atoms with Crippen LogP contribution in [0.4, 0.5) is 0 Å². The van der Waals surface area contributed by atoms with Gasteiger partial charge in [0.15, 0.2) is 0 Å². The molecule has 0 rings (SSSR count). The van der Waals surface area contributed by atoms with Crippen LogP contribution in [0.25, 0.3) is 0 Å². The first-order valence-corrected chi connectivity index (χ1v) is 6.47. The Morgan fingerprint density at radius 2 is 1.56 bits per heavy atom. The summed E-state index contributed by atoms with van der Waals surface area (Å²) in [4.78, 5) is 16.2. The number of likely N-dealkylation sites (N-methyl/N-ethyl adjacent to an activating group) is 2. The molecule has 0 bridgehead atoms. The van der Waals surface area contributed by atoms with Crippen molar-refractivity contribution in [3.05, 3.63) is 0 Å². The molecule has 0 aromatic heterocycles. The number of carbonyl (C=O) groups excluding carboxylic acids is 1. The Kier molecular flexibility index (Phi) is 7.39. The predicted molar refractivity (Wildman–Crippen MR) is 69.5 cm³/mol. The average molecular weight is 228 g/mol. The van der Waals surface area contributed by atoms with Crippen LogP contribution in [0.3, 0.4) is 0 Å². The minimum Gasteiger partial charge on any atom is -0.339 e. The third kappa shape index (κ3) is 4.52. The van der Waals surface area contributed by atoms with E-state index in [1.165, 1.54) is 0 Å². The molecule has 0 aliphatic carbocycles. The molecule has 0 saturated carbocycles. The molecular weight excluding hydrogens is 200 g/mol.